The maximum absolute atomic E-state index is 5.42. The van der Waals surface area contributed by atoms with Crippen molar-refractivity contribution in [1.82, 2.24) is 4.98 Å². The second kappa shape index (κ2) is 5.39. The summed E-state index contributed by atoms with van der Waals surface area (Å²) in [4.78, 5) is 4.15. The molecule has 0 unspecified atom stereocenters. The molecule has 4 heteroatoms. The van der Waals surface area contributed by atoms with Gasteiger partial charge in [0.15, 0.2) is 0 Å². The summed E-state index contributed by atoms with van der Waals surface area (Å²) in [6.07, 6.45) is 2.25. The third kappa shape index (κ3) is 3.00. The second-order valence-corrected chi connectivity index (χ2v) is 3.53. The molecule has 0 aliphatic carbocycles. The van der Waals surface area contributed by atoms with Crippen LogP contribution in [0.4, 0.5) is 0 Å². The molecular weight excluding hydrogens is 218 g/mol. The molecule has 1 aromatic carbocycles. The Morgan fingerprint density at radius 3 is 2.65 bits per heavy atom. The average Bonchev–Trinajstić information content (AvgIpc) is 2.78. The molecule has 2 aromatic rings. The minimum absolute atomic E-state index is 0.469. The van der Waals surface area contributed by atoms with Gasteiger partial charge in [0, 0.05) is 6.42 Å². The van der Waals surface area contributed by atoms with Gasteiger partial charge in [-0.15, -0.1) is 0 Å². The zero-order valence-electron chi connectivity index (χ0n) is 9.97. The molecular formula is C13H15NO3. The van der Waals surface area contributed by atoms with Gasteiger partial charge in [-0.25, -0.2) is 4.98 Å². The van der Waals surface area contributed by atoms with Crippen molar-refractivity contribution in [2.24, 2.45) is 0 Å². The molecule has 0 radical (unpaired) electrons. The topological polar surface area (TPSA) is 44.5 Å². The largest absolute Gasteiger partial charge is 0.497 e. The first-order valence-electron chi connectivity index (χ1n) is 5.52. The van der Waals surface area contributed by atoms with E-state index < -0.39 is 0 Å². The normalized spacial score (nSPS) is 10.2. The summed E-state index contributed by atoms with van der Waals surface area (Å²) >= 11 is 0. The van der Waals surface area contributed by atoms with Crippen LogP contribution in [-0.4, -0.2) is 18.7 Å². The first-order chi connectivity index (χ1) is 8.31. The van der Waals surface area contributed by atoms with E-state index in [0.717, 1.165) is 11.3 Å². The average molecular weight is 233 g/mol. The summed E-state index contributed by atoms with van der Waals surface area (Å²) in [6, 6.07) is 7.82. The fourth-order valence-corrected chi connectivity index (χ4v) is 1.50. The SMILES string of the molecule is CCOc1cnc(Cc2ccc(OC)cc2)o1. The van der Waals surface area contributed by atoms with Crippen molar-refractivity contribution in [3.63, 3.8) is 0 Å². The van der Waals surface area contributed by atoms with E-state index in [9.17, 15) is 0 Å². The molecule has 4 nitrogen and oxygen atoms in total. The van der Waals surface area contributed by atoms with Crippen molar-refractivity contribution in [1.29, 1.82) is 0 Å². The zero-order chi connectivity index (χ0) is 12.1. The van der Waals surface area contributed by atoms with Crippen molar-refractivity contribution in [2.45, 2.75) is 13.3 Å². The Morgan fingerprint density at radius 2 is 2.00 bits per heavy atom. The Kier molecular flexibility index (Phi) is 3.65. The Bertz CT molecular complexity index is 462. The molecule has 0 aliphatic heterocycles. The summed E-state index contributed by atoms with van der Waals surface area (Å²) in [5, 5.41) is 0. The highest BCUT2D eigenvalue weighted by Gasteiger charge is 2.05. The molecule has 0 atom stereocenters. The van der Waals surface area contributed by atoms with Gasteiger partial charge in [-0.05, 0) is 24.6 Å². The predicted molar refractivity (Wildman–Crippen MR) is 63.5 cm³/mol. The molecule has 1 heterocycles. The second-order valence-electron chi connectivity index (χ2n) is 3.53. The molecule has 0 fully saturated rings. The monoisotopic (exact) mass is 233 g/mol. The van der Waals surface area contributed by atoms with Crippen LogP contribution in [0.3, 0.4) is 0 Å². The molecule has 90 valence electrons. The van der Waals surface area contributed by atoms with Crippen molar-refractivity contribution in [3.05, 3.63) is 41.9 Å². The van der Waals surface area contributed by atoms with Gasteiger partial charge in [0.1, 0.15) is 11.9 Å². The van der Waals surface area contributed by atoms with E-state index in [0.29, 0.717) is 24.9 Å². The first-order valence-corrected chi connectivity index (χ1v) is 5.52. The highest BCUT2D eigenvalue weighted by atomic mass is 16.6. The van der Waals surface area contributed by atoms with Crippen LogP contribution in [0.25, 0.3) is 0 Å². The van der Waals surface area contributed by atoms with Crippen LogP contribution in [-0.2, 0) is 6.42 Å². The van der Waals surface area contributed by atoms with Crippen LogP contribution in [0.5, 0.6) is 11.7 Å². The van der Waals surface area contributed by atoms with Crippen molar-refractivity contribution in [3.8, 4) is 11.7 Å². The van der Waals surface area contributed by atoms with Crippen LogP contribution in [0.2, 0.25) is 0 Å². The lowest BCUT2D eigenvalue weighted by atomic mass is 10.1. The van der Waals surface area contributed by atoms with Gasteiger partial charge >= 0.3 is 5.95 Å². The van der Waals surface area contributed by atoms with E-state index in [2.05, 4.69) is 4.98 Å². The number of ether oxygens (including phenoxy) is 2. The minimum atomic E-state index is 0.469. The van der Waals surface area contributed by atoms with Crippen LogP contribution in [0, 0.1) is 0 Å². The Balaban J connectivity index is 2.03. The standard InChI is InChI=1S/C13H15NO3/c1-3-16-13-9-14-12(17-13)8-10-4-6-11(15-2)7-5-10/h4-7,9H,3,8H2,1-2H3. The molecule has 0 aliphatic rings. The van der Waals surface area contributed by atoms with Gasteiger partial charge in [-0.1, -0.05) is 12.1 Å². The number of rotatable bonds is 5. The smallest absolute Gasteiger partial charge is 0.305 e. The lowest BCUT2D eigenvalue weighted by Crippen LogP contribution is -1.89. The Labute approximate surface area is 100 Å². The fraction of sp³-hybridized carbons (Fsp3) is 0.308. The molecule has 0 saturated carbocycles. The third-order valence-electron chi connectivity index (χ3n) is 2.33. The van der Waals surface area contributed by atoms with E-state index in [1.807, 2.05) is 31.2 Å². The highest BCUT2D eigenvalue weighted by Crippen LogP contribution is 2.17. The molecule has 0 N–H and O–H groups in total. The van der Waals surface area contributed by atoms with E-state index in [1.54, 1.807) is 13.3 Å². The molecule has 17 heavy (non-hydrogen) atoms. The summed E-state index contributed by atoms with van der Waals surface area (Å²) < 4.78 is 15.7. The van der Waals surface area contributed by atoms with Crippen molar-refractivity contribution >= 4 is 0 Å². The van der Waals surface area contributed by atoms with Gasteiger partial charge in [0.05, 0.1) is 13.7 Å². The first kappa shape index (κ1) is 11.5. The zero-order valence-corrected chi connectivity index (χ0v) is 9.97. The lowest BCUT2D eigenvalue weighted by Gasteiger charge is -2.01. The molecule has 0 saturated heterocycles. The van der Waals surface area contributed by atoms with E-state index in [4.69, 9.17) is 13.9 Å². The lowest BCUT2D eigenvalue weighted by molar-refractivity contribution is 0.251. The highest BCUT2D eigenvalue weighted by molar-refractivity contribution is 5.28. The van der Waals surface area contributed by atoms with Gasteiger partial charge in [-0.3, -0.25) is 0 Å². The number of methoxy groups -OCH3 is 1. The Hall–Kier alpha value is -1.97. The quantitative estimate of drug-likeness (QED) is 0.796. The number of hydrogen-bond acceptors (Lipinski definition) is 4. The number of oxazole rings is 1. The van der Waals surface area contributed by atoms with Gasteiger partial charge in [-0.2, -0.15) is 0 Å². The van der Waals surface area contributed by atoms with Crippen molar-refractivity contribution in [2.75, 3.05) is 13.7 Å². The van der Waals surface area contributed by atoms with Gasteiger partial charge in [0.2, 0.25) is 5.89 Å². The summed E-state index contributed by atoms with van der Waals surface area (Å²) in [7, 11) is 1.65. The number of nitrogens with zero attached hydrogens (tertiary/aromatic N) is 1. The fourth-order valence-electron chi connectivity index (χ4n) is 1.50. The summed E-state index contributed by atoms with van der Waals surface area (Å²) in [6.45, 7) is 2.49. The van der Waals surface area contributed by atoms with Crippen LogP contribution in [0.1, 0.15) is 18.4 Å². The summed E-state index contributed by atoms with van der Waals surface area (Å²) in [5.74, 6) is 1.96. The maximum Gasteiger partial charge on any atom is 0.305 e. The maximum atomic E-state index is 5.42. The number of hydrogen-bond donors (Lipinski definition) is 0. The molecule has 0 amide bonds. The molecule has 2 rings (SSSR count). The summed E-state index contributed by atoms with van der Waals surface area (Å²) in [5.41, 5.74) is 1.12. The van der Waals surface area contributed by atoms with Crippen LogP contribution >= 0.6 is 0 Å². The van der Waals surface area contributed by atoms with Gasteiger partial charge < -0.3 is 13.9 Å². The predicted octanol–water partition coefficient (Wildman–Crippen LogP) is 2.67. The van der Waals surface area contributed by atoms with E-state index in [1.165, 1.54) is 0 Å². The number of benzene rings is 1. The van der Waals surface area contributed by atoms with E-state index >= 15 is 0 Å². The Morgan fingerprint density at radius 1 is 1.24 bits per heavy atom. The van der Waals surface area contributed by atoms with Crippen molar-refractivity contribution < 1.29 is 13.9 Å². The molecule has 0 spiro atoms. The van der Waals surface area contributed by atoms with Crippen LogP contribution in [0.15, 0.2) is 34.9 Å². The minimum Gasteiger partial charge on any atom is -0.497 e. The van der Waals surface area contributed by atoms with Crippen LogP contribution < -0.4 is 9.47 Å². The third-order valence-corrected chi connectivity index (χ3v) is 2.33. The van der Waals surface area contributed by atoms with Gasteiger partial charge in [0.25, 0.3) is 0 Å². The van der Waals surface area contributed by atoms with E-state index in [-0.39, 0.29) is 0 Å². The number of aromatic nitrogens is 1. The molecule has 1 aromatic heterocycles. The molecule has 0 bridgehead atoms.